The summed E-state index contributed by atoms with van der Waals surface area (Å²) < 4.78 is 3.05. The summed E-state index contributed by atoms with van der Waals surface area (Å²) in [6, 6.07) is 27.9. The Bertz CT molecular complexity index is 1870. The van der Waals surface area contributed by atoms with Crippen LogP contribution in [0.25, 0.3) is 22.4 Å². The smallest absolute Gasteiger partial charge is 0.274 e. The molecule has 1 aliphatic rings. The van der Waals surface area contributed by atoms with Crippen LogP contribution in [0.5, 0.6) is 0 Å². The standard InChI is InChI=1S/C33H27N7O3/c34-21-28-29(23-11-3-1-4-12-23)30(24-13-5-2-6-14-24)36-40(33(28)43)20-10-18-38-22-25(35-37-38)15-9-19-39-31(41)26-16-7-8-17-27(26)32(39)42/h1-8,11-14,16-17,22H,9-10,15,18-20H2. The lowest BCUT2D eigenvalue weighted by molar-refractivity contribution is 0.0652. The third-order valence-corrected chi connectivity index (χ3v) is 7.41. The van der Waals surface area contributed by atoms with E-state index >= 15 is 0 Å². The predicted octanol–water partition coefficient (Wildman–Crippen LogP) is 4.36. The molecule has 0 atom stereocenters. The van der Waals surface area contributed by atoms with Gasteiger partial charge in [0, 0.05) is 37.0 Å². The minimum atomic E-state index is -0.437. The molecule has 5 aromatic rings. The van der Waals surface area contributed by atoms with E-state index in [0.29, 0.717) is 54.7 Å². The summed E-state index contributed by atoms with van der Waals surface area (Å²) in [7, 11) is 0. The molecule has 0 unspecified atom stereocenters. The number of hydrogen-bond acceptors (Lipinski definition) is 7. The molecule has 0 fully saturated rings. The summed E-state index contributed by atoms with van der Waals surface area (Å²) >= 11 is 0. The first-order chi connectivity index (χ1) is 21.0. The molecule has 10 heteroatoms. The van der Waals surface area contributed by atoms with Gasteiger partial charge in [0.25, 0.3) is 17.4 Å². The summed E-state index contributed by atoms with van der Waals surface area (Å²) in [5, 5.41) is 23.2. The van der Waals surface area contributed by atoms with Crippen molar-refractivity contribution in [2.24, 2.45) is 0 Å². The molecule has 1 aliphatic heterocycles. The number of nitriles is 1. The molecule has 3 aromatic carbocycles. The molecule has 0 saturated carbocycles. The van der Waals surface area contributed by atoms with Crippen molar-refractivity contribution in [1.29, 1.82) is 5.26 Å². The topological polar surface area (TPSA) is 127 Å². The Morgan fingerprint density at radius 3 is 2.00 bits per heavy atom. The van der Waals surface area contributed by atoms with Crippen molar-refractivity contribution < 1.29 is 9.59 Å². The van der Waals surface area contributed by atoms with Gasteiger partial charge in [-0.2, -0.15) is 10.4 Å². The van der Waals surface area contributed by atoms with Crippen LogP contribution in [-0.4, -0.2) is 48.0 Å². The van der Waals surface area contributed by atoms with Crippen LogP contribution in [0.1, 0.15) is 44.8 Å². The Morgan fingerprint density at radius 2 is 1.35 bits per heavy atom. The molecule has 43 heavy (non-hydrogen) atoms. The van der Waals surface area contributed by atoms with Crippen LogP contribution in [0.3, 0.4) is 0 Å². The predicted molar refractivity (Wildman–Crippen MR) is 159 cm³/mol. The normalized spacial score (nSPS) is 12.4. The second-order valence-corrected chi connectivity index (χ2v) is 10.2. The Hall–Kier alpha value is -5.69. The first-order valence-electron chi connectivity index (χ1n) is 14.1. The number of imide groups is 1. The number of fused-ring (bicyclic) bond motifs is 1. The maximum absolute atomic E-state index is 13.4. The van der Waals surface area contributed by atoms with Crippen molar-refractivity contribution in [2.75, 3.05) is 6.54 Å². The van der Waals surface area contributed by atoms with E-state index in [0.717, 1.165) is 16.8 Å². The Labute approximate surface area is 247 Å². The van der Waals surface area contributed by atoms with Gasteiger partial charge in [0.2, 0.25) is 0 Å². The van der Waals surface area contributed by atoms with Crippen molar-refractivity contribution in [3.05, 3.63) is 124 Å². The summed E-state index contributed by atoms with van der Waals surface area (Å²) in [5.41, 5.74) is 3.93. The summed E-state index contributed by atoms with van der Waals surface area (Å²) in [6.07, 6.45) is 3.49. The molecule has 2 aromatic heterocycles. The highest BCUT2D eigenvalue weighted by Crippen LogP contribution is 2.31. The maximum Gasteiger partial charge on any atom is 0.285 e. The lowest BCUT2D eigenvalue weighted by Crippen LogP contribution is -2.30. The number of carbonyl (C=O) groups is 2. The molecule has 212 valence electrons. The first kappa shape index (κ1) is 27.5. The second-order valence-electron chi connectivity index (χ2n) is 10.2. The summed E-state index contributed by atoms with van der Waals surface area (Å²) in [4.78, 5) is 39.8. The van der Waals surface area contributed by atoms with E-state index in [-0.39, 0.29) is 23.9 Å². The molecule has 10 nitrogen and oxygen atoms in total. The van der Waals surface area contributed by atoms with E-state index in [1.54, 1.807) is 28.9 Å². The molecule has 0 aliphatic carbocycles. The SMILES string of the molecule is N#Cc1c(-c2ccccc2)c(-c2ccccc2)nn(CCCn2cc(CCCN3C(=O)c4ccccc4C3=O)nn2)c1=O. The number of hydrogen-bond donors (Lipinski definition) is 0. The summed E-state index contributed by atoms with van der Waals surface area (Å²) in [5.74, 6) is -0.528. The quantitative estimate of drug-likeness (QED) is 0.229. The minimum absolute atomic E-state index is 0.0566. The van der Waals surface area contributed by atoms with Gasteiger partial charge in [-0.1, -0.05) is 78.0 Å². The fraction of sp³-hybridized carbons (Fsp3) is 0.182. The van der Waals surface area contributed by atoms with Crippen LogP contribution >= 0.6 is 0 Å². The van der Waals surface area contributed by atoms with E-state index in [4.69, 9.17) is 5.10 Å². The third-order valence-electron chi connectivity index (χ3n) is 7.41. The van der Waals surface area contributed by atoms with Gasteiger partial charge in [-0.05, 0) is 37.0 Å². The number of benzene rings is 3. The minimum Gasteiger partial charge on any atom is -0.274 e. The lowest BCUT2D eigenvalue weighted by Gasteiger charge is -2.14. The zero-order valence-electron chi connectivity index (χ0n) is 23.3. The van der Waals surface area contributed by atoms with Crippen LogP contribution in [-0.2, 0) is 19.5 Å². The average Bonchev–Trinajstić information content (AvgIpc) is 3.60. The molecule has 0 bridgehead atoms. The van der Waals surface area contributed by atoms with Crippen molar-refractivity contribution in [1.82, 2.24) is 29.7 Å². The zero-order valence-corrected chi connectivity index (χ0v) is 23.3. The molecular weight excluding hydrogens is 542 g/mol. The number of amides is 2. The van der Waals surface area contributed by atoms with E-state index < -0.39 is 5.56 Å². The number of nitrogens with zero attached hydrogens (tertiary/aromatic N) is 7. The van der Waals surface area contributed by atoms with Gasteiger partial charge in [-0.15, -0.1) is 5.10 Å². The molecule has 0 saturated heterocycles. The monoisotopic (exact) mass is 569 g/mol. The fourth-order valence-corrected chi connectivity index (χ4v) is 5.32. The van der Waals surface area contributed by atoms with E-state index in [1.165, 1.54) is 9.58 Å². The Morgan fingerprint density at radius 1 is 0.721 bits per heavy atom. The van der Waals surface area contributed by atoms with Crippen molar-refractivity contribution in [3.8, 4) is 28.5 Å². The van der Waals surface area contributed by atoms with Gasteiger partial charge in [-0.3, -0.25) is 24.0 Å². The number of aromatic nitrogens is 5. The fourth-order valence-electron chi connectivity index (χ4n) is 5.32. The van der Waals surface area contributed by atoms with Gasteiger partial charge in [-0.25, -0.2) is 4.68 Å². The molecule has 0 N–H and O–H groups in total. The van der Waals surface area contributed by atoms with Crippen LogP contribution in [0, 0.1) is 11.3 Å². The molecule has 0 spiro atoms. The van der Waals surface area contributed by atoms with E-state index in [2.05, 4.69) is 16.4 Å². The number of aryl methyl sites for hydroxylation is 3. The molecule has 0 radical (unpaired) electrons. The van der Waals surface area contributed by atoms with Crippen LogP contribution < -0.4 is 5.56 Å². The van der Waals surface area contributed by atoms with E-state index in [9.17, 15) is 19.6 Å². The largest absolute Gasteiger partial charge is 0.285 e. The van der Waals surface area contributed by atoms with Crippen molar-refractivity contribution in [2.45, 2.75) is 32.4 Å². The average molecular weight is 570 g/mol. The maximum atomic E-state index is 13.4. The second kappa shape index (κ2) is 12.0. The Kier molecular flexibility index (Phi) is 7.70. The number of rotatable bonds is 10. The Balaban J connectivity index is 1.12. The lowest BCUT2D eigenvalue weighted by atomic mass is 9.96. The van der Waals surface area contributed by atoms with Crippen LogP contribution in [0.15, 0.2) is 95.9 Å². The molecule has 2 amide bonds. The zero-order chi connectivity index (χ0) is 29.8. The molecule has 6 rings (SSSR count). The summed E-state index contributed by atoms with van der Waals surface area (Å²) in [6.45, 7) is 1.08. The van der Waals surface area contributed by atoms with Crippen LogP contribution in [0.2, 0.25) is 0 Å². The van der Waals surface area contributed by atoms with Crippen LogP contribution in [0.4, 0.5) is 0 Å². The van der Waals surface area contributed by atoms with E-state index in [1.807, 2.05) is 66.9 Å². The van der Waals surface area contributed by atoms with Gasteiger partial charge in [0.1, 0.15) is 17.3 Å². The van der Waals surface area contributed by atoms with Gasteiger partial charge in [0.05, 0.1) is 16.8 Å². The van der Waals surface area contributed by atoms with Crippen molar-refractivity contribution in [3.63, 3.8) is 0 Å². The van der Waals surface area contributed by atoms with Gasteiger partial charge < -0.3 is 0 Å². The highest BCUT2D eigenvalue weighted by molar-refractivity contribution is 6.21. The van der Waals surface area contributed by atoms with Gasteiger partial charge >= 0.3 is 0 Å². The molecular formula is C33H27N7O3. The molecule has 3 heterocycles. The van der Waals surface area contributed by atoms with Crippen molar-refractivity contribution >= 4 is 11.8 Å². The highest BCUT2D eigenvalue weighted by atomic mass is 16.2. The highest BCUT2D eigenvalue weighted by Gasteiger charge is 2.34. The van der Waals surface area contributed by atoms with Gasteiger partial charge in [0.15, 0.2) is 0 Å². The first-order valence-corrected chi connectivity index (χ1v) is 14.1. The number of carbonyl (C=O) groups excluding carboxylic acids is 2. The third kappa shape index (κ3) is 5.48.